The number of carbonyl (C=O) groups is 1. The number of hydrogen-bond acceptors (Lipinski definition) is 6. The number of nitrogens with one attached hydrogen (secondary N) is 1. The van der Waals surface area contributed by atoms with E-state index in [1.54, 1.807) is 23.1 Å². The maximum absolute atomic E-state index is 12.8. The van der Waals surface area contributed by atoms with Gasteiger partial charge in [-0.05, 0) is 17.5 Å². The number of thioether (sulfide) groups is 1. The Balaban J connectivity index is 1.77. The Morgan fingerprint density at radius 1 is 1.08 bits per heavy atom. The first kappa shape index (κ1) is 14.5. The van der Waals surface area contributed by atoms with E-state index in [4.69, 9.17) is 4.74 Å². The molecule has 1 N–H and O–H groups in total. The number of para-hydroxylation sites is 1. The minimum Gasteiger partial charge on any atom is -0.426 e. The molecule has 0 fully saturated rings. The van der Waals surface area contributed by atoms with Gasteiger partial charge in [0.15, 0.2) is 0 Å². The van der Waals surface area contributed by atoms with E-state index in [0.717, 1.165) is 20.3 Å². The van der Waals surface area contributed by atoms with Crippen LogP contribution < -0.4 is 9.61 Å². The summed E-state index contributed by atoms with van der Waals surface area (Å²) >= 11 is 4.40. The van der Waals surface area contributed by atoms with Gasteiger partial charge >= 0.3 is 10.8 Å². The van der Waals surface area contributed by atoms with Crippen LogP contribution in [0.3, 0.4) is 0 Å². The van der Waals surface area contributed by atoms with Gasteiger partial charge in [-0.2, -0.15) is 0 Å². The molecule has 4 nitrogen and oxygen atoms in total. The molecule has 0 radical (unpaired) electrons. The molecule has 2 aromatic heterocycles. The van der Waals surface area contributed by atoms with Crippen molar-refractivity contribution in [3.63, 3.8) is 0 Å². The molecule has 3 aromatic rings. The number of fused-ring (bicyclic) bond motifs is 5. The summed E-state index contributed by atoms with van der Waals surface area (Å²) < 4.78 is 5.62. The third-order valence-corrected chi connectivity index (χ3v) is 7.97. The lowest BCUT2D eigenvalue weighted by atomic mass is 9.80. The number of ether oxygens (including phenoxy) is 1. The molecule has 0 saturated carbocycles. The fourth-order valence-electron chi connectivity index (χ4n) is 3.45. The third-order valence-electron chi connectivity index (χ3n) is 4.42. The highest BCUT2D eigenvalue weighted by atomic mass is 32.2. The summed E-state index contributed by atoms with van der Waals surface area (Å²) in [4.78, 5) is 29.7. The topological polar surface area (TPSA) is 59.2 Å². The van der Waals surface area contributed by atoms with Gasteiger partial charge in [-0.3, -0.25) is 9.59 Å². The molecule has 7 heteroatoms. The van der Waals surface area contributed by atoms with Crippen LogP contribution in [-0.4, -0.2) is 11.0 Å². The Kier molecular flexibility index (Phi) is 3.23. The fraction of sp³-hybridized carbons (Fsp3) is 0.176. The second-order valence-electron chi connectivity index (χ2n) is 5.72. The van der Waals surface area contributed by atoms with Gasteiger partial charge in [0.2, 0.25) is 0 Å². The molecule has 0 spiro atoms. The maximum atomic E-state index is 12.8. The predicted molar refractivity (Wildman–Crippen MR) is 95.3 cm³/mol. The van der Waals surface area contributed by atoms with Crippen LogP contribution in [0.1, 0.15) is 26.5 Å². The molecule has 0 bridgehead atoms. The van der Waals surface area contributed by atoms with Crippen molar-refractivity contribution < 1.29 is 9.53 Å². The molecule has 0 unspecified atom stereocenters. The van der Waals surface area contributed by atoms with Crippen LogP contribution in [0.4, 0.5) is 0 Å². The summed E-state index contributed by atoms with van der Waals surface area (Å²) in [6.45, 7) is 0. The summed E-state index contributed by atoms with van der Waals surface area (Å²) in [5, 5.41) is 2.85. The molecule has 0 saturated heterocycles. The number of thiophene rings is 1. The van der Waals surface area contributed by atoms with Gasteiger partial charge in [0.05, 0.1) is 16.2 Å². The minimum atomic E-state index is -0.317. The molecular weight excluding hydrogens is 362 g/mol. The second kappa shape index (κ2) is 5.34. The molecule has 0 amide bonds. The molecule has 4 heterocycles. The molecule has 2 aliphatic rings. The summed E-state index contributed by atoms with van der Waals surface area (Å²) in [6, 6.07) is 11.7. The quantitative estimate of drug-likeness (QED) is 0.517. The van der Waals surface area contributed by atoms with Gasteiger partial charge in [-0.1, -0.05) is 47.4 Å². The van der Waals surface area contributed by atoms with Gasteiger partial charge in [-0.15, -0.1) is 11.3 Å². The number of thiazole rings is 1. The zero-order valence-electron chi connectivity index (χ0n) is 12.2. The molecule has 1 aromatic carbocycles. The average molecular weight is 373 g/mol. The van der Waals surface area contributed by atoms with E-state index in [2.05, 4.69) is 4.98 Å². The van der Waals surface area contributed by atoms with Gasteiger partial charge in [0, 0.05) is 21.2 Å². The van der Waals surface area contributed by atoms with Crippen LogP contribution >= 0.6 is 34.4 Å². The van der Waals surface area contributed by atoms with E-state index < -0.39 is 0 Å². The van der Waals surface area contributed by atoms with E-state index in [0.29, 0.717) is 5.75 Å². The molecule has 120 valence electrons. The number of hydrogen-bond donors (Lipinski definition) is 1. The van der Waals surface area contributed by atoms with Crippen molar-refractivity contribution in [1.29, 1.82) is 0 Å². The first-order valence-electron chi connectivity index (χ1n) is 7.46. The molecule has 0 aliphatic carbocycles. The normalized spacial score (nSPS) is 24.7. The van der Waals surface area contributed by atoms with Gasteiger partial charge in [0.25, 0.3) is 0 Å². The van der Waals surface area contributed by atoms with Gasteiger partial charge in [0.1, 0.15) is 5.75 Å². The van der Waals surface area contributed by atoms with Crippen molar-refractivity contribution in [1.82, 2.24) is 4.98 Å². The Morgan fingerprint density at radius 3 is 2.79 bits per heavy atom. The van der Waals surface area contributed by atoms with E-state index in [9.17, 15) is 9.59 Å². The number of esters is 1. The molecule has 3 atom stereocenters. The number of H-pyrrole nitrogens is 1. The molecule has 24 heavy (non-hydrogen) atoms. The summed E-state index contributed by atoms with van der Waals surface area (Å²) in [6.07, 6.45) is 0. The van der Waals surface area contributed by atoms with Crippen LogP contribution in [0, 0.1) is 5.92 Å². The maximum Gasteiger partial charge on any atom is 0.316 e. The minimum absolute atomic E-state index is 0.0476. The van der Waals surface area contributed by atoms with Crippen molar-refractivity contribution in [2.45, 2.75) is 16.2 Å². The number of benzene rings is 1. The lowest BCUT2D eigenvalue weighted by Crippen LogP contribution is -2.37. The average Bonchev–Trinajstić information content (AvgIpc) is 3.22. The van der Waals surface area contributed by atoms with E-state index in [1.165, 1.54) is 11.3 Å². The monoisotopic (exact) mass is 373 g/mol. The number of aromatic amines is 1. The first-order chi connectivity index (χ1) is 11.7. The van der Waals surface area contributed by atoms with E-state index in [-0.39, 0.29) is 27.9 Å². The Bertz CT molecular complexity index is 989. The fourth-order valence-corrected chi connectivity index (χ4v) is 7.00. The van der Waals surface area contributed by atoms with Crippen molar-refractivity contribution in [2.24, 2.45) is 5.92 Å². The van der Waals surface area contributed by atoms with Gasteiger partial charge in [-0.25, -0.2) is 0 Å². The van der Waals surface area contributed by atoms with Crippen LogP contribution in [0.25, 0.3) is 0 Å². The van der Waals surface area contributed by atoms with Crippen LogP contribution in [0.2, 0.25) is 0 Å². The summed E-state index contributed by atoms with van der Waals surface area (Å²) in [5.74, 6) is -0.0549. The Labute approximate surface area is 149 Å². The zero-order valence-corrected chi connectivity index (χ0v) is 14.7. The highest BCUT2D eigenvalue weighted by Crippen LogP contribution is 2.59. The summed E-state index contributed by atoms with van der Waals surface area (Å²) in [5.41, 5.74) is 0.987. The van der Waals surface area contributed by atoms with Crippen molar-refractivity contribution in [2.75, 3.05) is 0 Å². The predicted octanol–water partition coefficient (Wildman–Crippen LogP) is 4.01. The molecule has 5 rings (SSSR count). The summed E-state index contributed by atoms with van der Waals surface area (Å²) in [7, 11) is 0. The van der Waals surface area contributed by atoms with E-state index in [1.807, 2.05) is 41.8 Å². The van der Waals surface area contributed by atoms with Gasteiger partial charge < -0.3 is 9.72 Å². The van der Waals surface area contributed by atoms with Crippen LogP contribution in [0.5, 0.6) is 5.75 Å². The van der Waals surface area contributed by atoms with Crippen molar-refractivity contribution in [3.8, 4) is 5.75 Å². The Hall–Kier alpha value is -1.83. The standard InChI is InChI=1S/C17H11NO3S3/c19-16-12-11(8-4-1-2-5-9(8)21-16)14-15(18-17(20)24-14)23-13(12)10-6-3-7-22-10/h1-7,11-13H,(H,18,20)/t11-,12-,13-/m0/s1. The Morgan fingerprint density at radius 2 is 1.96 bits per heavy atom. The first-order valence-corrected chi connectivity index (χ1v) is 10.0. The largest absolute Gasteiger partial charge is 0.426 e. The van der Waals surface area contributed by atoms with Crippen LogP contribution in [0.15, 0.2) is 51.6 Å². The highest BCUT2D eigenvalue weighted by Gasteiger charge is 2.49. The molecular formula is C17H11NO3S3. The zero-order chi connectivity index (χ0) is 16.3. The third kappa shape index (κ3) is 2.05. The highest BCUT2D eigenvalue weighted by molar-refractivity contribution is 7.99. The molecule has 2 aliphatic heterocycles. The lowest BCUT2D eigenvalue weighted by molar-refractivity contribution is -0.140. The number of aromatic nitrogens is 1. The van der Waals surface area contributed by atoms with Crippen molar-refractivity contribution in [3.05, 3.63) is 66.8 Å². The van der Waals surface area contributed by atoms with Crippen molar-refractivity contribution >= 4 is 40.4 Å². The second-order valence-corrected chi connectivity index (χ2v) is 8.87. The smallest absolute Gasteiger partial charge is 0.316 e. The SMILES string of the molecule is O=C1Oc2ccccc2[C@@H]2c3sc(=O)[nH]c3S[C@@H](c3cccs3)[C@@H]12. The van der Waals surface area contributed by atoms with E-state index >= 15 is 0 Å². The number of rotatable bonds is 1. The number of carbonyl (C=O) groups excluding carboxylic acids is 1. The van der Waals surface area contributed by atoms with Crippen LogP contribution in [-0.2, 0) is 4.79 Å². The lowest BCUT2D eigenvalue weighted by Gasteiger charge is -2.38.